The van der Waals surface area contributed by atoms with Crippen molar-refractivity contribution in [2.45, 2.75) is 97.3 Å². The van der Waals surface area contributed by atoms with Crippen molar-refractivity contribution >= 4 is 0 Å². The van der Waals surface area contributed by atoms with Crippen LogP contribution < -0.4 is 0 Å². The second-order valence-corrected chi connectivity index (χ2v) is 7.93. The van der Waals surface area contributed by atoms with Gasteiger partial charge < -0.3 is 0 Å². The van der Waals surface area contributed by atoms with Crippen LogP contribution in [-0.2, 0) is 12.8 Å². The first-order chi connectivity index (χ1) is 13.3. The van der Waals surface area contributed by atoms with Gasteiger partial charge in [0.05, 0.1) is 5.69 Å². The molecule has 0 atom stereocenters. The molecule has 1 heteroatoms. The number of hydrogen-bond acceptors (Lipinski definition) is 1. The Morgan fingerprint density at radius 2 is 1.07 bits per heavy atom. The quantitative estimate of drug-likeness (QED) is 0.308. The Bertz CT molecular complexity index is 597. The second-order valence-electron chi connectivity index (χ2n) is 7.93. The predicted octanol–water partition coefficient (Wildman–Crippen LogP) is 8.16. The largest absolute Gasteiger partial charge is 0.256 e. The van der Waals surface area contributed by atoms with Gasteiger partial charge in [-0.25, -0.2) is 0 Å². The topological polar surface area (TPSA) is 12.9 Å². The van der Waals surface area contributed by atoms with E-state index in [4.69, 9.17) is 4.98 Å². The van der Waals surface area contributed by atoms with E-state index in [9.17, 15) is 0 Å². The van der Waals surface area contributed by atoms with Crippen molar-refractivity contribution < 1.29 is 0 Å². The number of aryl methyl sites for hydroxylation is 2. The summed E-state index contributed by atoms with van der Waals surface area (Å²) in [5, 5.41) is 0. The van der Waals surface area contributed by atoms with Crippen molar-refractivity contribution in [1.29, 1.82) is 0 Å². The van der Waals surface area contributed by atoms with Crippen LogP contribution in [0.15, 0.2) is 42.6 Å². The standard InChI is InChI=1S/C26H39N/c1-3-5-7-9-11-12-14-23-16-19-25(20-17-23)26-21-18-24(22-27-26)15-13-10-8-6-4-2/h16-22H,3-15H2,1-2H3. The van der Waals surface area contributed by atoms with Gasteiger partial charge in [0.15, 0.2) is 0 Å². The molecule has 1 nitrogen and oxygen atoms in total. The minimum absolute atomic E-state index is 1.09. The van der Waals surface area contributed by atoms with Crippen molar-refractivity contribution in [1.82, 2.24) is 4.98 Å². The van der Waals surface area contributed by atoms with Gasteiger partial charge in [-0.15, -0.1) is 0 Å². The third-order valence-corrected chi connectivity index (χ3v) is 5.46. The molecule has 0 amide bonds. The van der Waals surface area contributed by atoms with Crippen LogP contribution in [0.2, 0.25) is 0 Å². The van der Waals surface area contributed by atoms with E-state index in [0.29, 0.717) is 0 Å². The summed E-state index contributed by atoms with van der Waals surface area (Å²) >= 11 is 0. The van der Waals surface area contributed by atoms with E-state index in [-0.39, 0.29) is 0 Å². The van der Waals surface area contributed by atoms with Crippen LogP contribution in [0.3, 0.4) is 0 Å². The SMILES string of the molecule is CCCCCCCCc1ccc(-c2ccc(CCCCCCC)cn2)cc1. The lowest BCUT2D eigenvalue weighted by Gasteiger charge is -2.06. The van der Waals surface area contributed by atoms with E-state index >= 15 is 0 Å². The van der Waals surface area contributed by atoms with Gasteiger partial charge in [-0.05, 0) is 42.9 Å². The highest BCUT2D eigenvalue weighted by Crippen LogP contribution is 2.20. The second kappa shape index (κ2) is 13.5. The van der Waals surface area contributed by atoms with Crippen LogP contribution in [0.1, 0.15) is 95.6 Å². The van der Waals surface area contributed by atoms with Crippen LogP contribution in [0.25, 0.3) is 11.3 Å². The summed E-state index contributed by atoms with van der Waals surface area (Å²) in [4.78, 5) is 4.70. The first-order valence-corrected chi connectivity index (χ1v) is 11.4. The zero-order valence-electron chi connectivity index (χ0n) is 17.7. The molecule has 148 valence electrons. The number of benzene rings is 1. The normalized spacial score (nSPS) is 11.0. The number of hydrogen-bond donors (Lipinski definition) is 0. The maximum absolute atomic E-state index is 4.70. The van der Waals surface area contributed by atoms with E-state index in [1.54, 1.807) is 0 Å². The van der Waals surface area contributed by atoms with Crippen LogP contribution in [0.4, 0.5) is 0 Å². The molecule has 0 spiro atoms. The molecule has 27 heavy (non-hydrogen) atoms. The van der Waals surface area contributed by atoms with Gasteiger partial charge >= 0.3 is 0 Å². The summed E-state index contributed by atoms with van der Waals surface area (Å²) in [7, 11) is 0. The zero-order valence-corrected chi connectivity index (χ0v) is 17.7. The van der Waals surface area contributed by atoms with Crippen molar-refractivity contribution in [3.63, 3.8) is 0 Å². The molecule has 2 rings (SSSR count). The summed E-state index contributed by atoms with van der Waals surface area (Å²) in [5.74, 6) is 0. The van der Waals surface area contributed by atoms with E-state index in [0.717, 1.165) is 12.1 Å². The van der Waals surface area contributed by atoms with Gasteiger partial charge in [0.2, 0.25) is 0 Å². The fraction of sp³-hybridized carbons (Fsp3) is 0.577. The lowest BCUT2D eigenvalue weighted by Crippen LogP contribution is -1.91. The Hall–Kier alpha value is -1.63. The average molecular weight is 366 g/mol. The molecular weight excluding hydrogens is 326 g/mol. The number of pyridine rings is 1. The highest BCUT2D eigenvalue weighted by atomic mass is 14.7. The summed E-state index contributed by atoms with van der Waals surface area (Å²) in [5.41, 5.74) is 5.15. The molecule has 0 N–H and O–H groups in total. The molecule has 1 aromatic heterocycles. The van der Waals surface area contributed by atoms with Gasteiger partial charge in [0, 0.05) is 11.8 Å². The molecule has 0 saturated heterocycles. The molecule has 0 bridgehead atoms. The first-order valence-electron chi connectivity index (χ1n) is 11.4. The Labute approximate surface area is 167 Å². The Kier molecular flexibility index (Phi) is 10.9. The molecule has 0 fully saturated rings. The van der Waals surface area contributed by atoms with Gasteiger partial charge in [-0.1, -0.05) is 102 Å². The number of unbranched alkanes of at least 4 members (excludes halogenated alkanes) is 9. The highest BCUT2D eigenvalue weighted by Gasteiger charge is 2.01. The smallest absolute Gasteiger partial charge is 0.0702 e. The third kappa shape index (κ3) is 8.73. The van der Waals surface area contributed by atoms with Crippen LogP contribution >= 0.6 is 0 Å². The molecule has 0 aliphatic heterocycles. The maximum atomic E-state index is 4.70. The van der Waals surface area contributed by atoms with E-state index < -0.39 is 0 Å². The molecule has 1 aromatic carbocycles. The fourth-order valence-corrected chi connectivity index (χ4v) is 3.63. The van der Waals surface area contributed by atoms with Gasteiger partial charge in [-0.3, -0.25) is 4.98 Å². The minimum Gasteiger partial charge on any atom is -0.256 e. The molecule has 1 heterocycles. The van der Waals surface area contributed by atoms with Crippen LogP contribution in [-0.4, -0.2) is 4.98 Å². The lowest BCUT2D eigenvalue weighted by molar-refractivity contribution is 0.607. The lowest BCUT2D eigenvalue weighted by atomic mass is 10.0. The van der Waals surface area contributed by atoms with Crippen molar-refractivity contribution in [3.8, 4) is 11.3 Å². The highest BCUT2D eigenvalue weighted by molar-refractivity contribution is 5.59. The summed E-state index contributed by atoms with van der Waals surface area (Å²) in [6.07, 6.45) is 19.3. The van der Waals surface area contributed by atoms with Crippen molar-refractivity contribution in [2.75, 3.05) is 0 Å². The molecule has 0 radical (unpaired) electrons. The summed E-state index contributed by atoms with van der Waals surface area (Å²) in [6, 6.07) is 13.5. The average Bonchev–Trinajstić information content (AvgIpc) is 2.71. The Balaban J connectivity index is 1.74. The number of nitrogens with zero attached hydrogens (tertiary/aromatic N) is 1. The van der Waals surface area contributed by atoms with Gasteiger partial charge in [-0.2, -0.15) is 0 Å². The van der Waals surface area contributed by atoms with E-state index in [1.165, 1.54) is 93.7 Å². The monoisotopic (exact) mass is 365 g/mol. The molecule has 0 aliphatic carbocycles. The number of aromatic nitrogens is 1. The first kappa shape index (κ1) is 21.7. The fourth-order valence-electron chi connectivity index (χ4n) is 3.63. The van der Waals surface area contributed by atoms with Crippen molar-refractivity contribution in [3.05, 3.63) is 53.7 Å². The third-order valence-electron chi connectivity index (χ3n) is 5.46. The van der Waals surface area contributed by atoms with Crippen LogP contribution in [0, 0.1) is 0 Å². The molecule has 2 aromatic rings. The van der Waals surface area contributed by atoms with Crippen LogP contribution in [0.5, 0.6) is 0 Å². The molecular formula is C26H39N. The van der Waals surface area contributed by atoms with E-state index in [2.05, 4.69) is 56.4 Å². The molecule has 0 aliphatic rings. The van der Waals surface area contributed by atoms with Crippen molar-refractivity contribution in [2.24, 2.45) is 0 Å². The summed E-state index contributed by atoms with van der Waals surface area (Å²) in [6.45, 7) is 4.54. The van der Waals surface area contributed by atoms with E-state index in [1.807, 2.05) is 0 Å². The zero-order chi connectivity index (χ0) is 19.2. The molecule has 0 unspecified atom stereocenters. The minimum atomic E-state index is 1.09. The maximum Gasteiger partial charge on any atom is 0.0702 e. The van der Waals surface area contributed by atoms with Gasteiger partial charge in [0.1, 0.15) is 0 Å². The predicted molar refractivity (Wildman–Crippen MR) is 119 cm³/mol. The Morgan fingerprint density at radius 3 is 1.63 bits per heavy atom. The Morgan fingerprint density at radius 1 is 0.556 bits per heavy atom. The molecule has 0 saturated carbocycles. The summed E-state index contributed by atoms with van der Waals surface area (Å²) < 4.78 is 0. The van der Waals surface area contributed by atoms with Gasteiger partial charge in [0.25, 0.3) is 0 Å². The number of rotatable bonds is 14.